The van der Waals surface area contributed by atoms with Gasteiger partial charge in [-0.2, -0.15) is 5.06 Å². The fourth-order valence-electron chi connectivity index (χ4n) is 3.21. The van der Waals surface area contributed by atoms with Crippen LogP contribution in [-0.2, 0) is 0 Å². The summed E-state index contributed by atoms with van der Waals surface area (Å²) in [6.45, 7) is 4.29. The van der Waals surface area contributed by atoms with Crippen LogP contribution in [0.15, 0.2) is 0 Å². The van der Waals surface area contributed by atoms with Gasteiger partial charge in [0.25, 0.3) is 0 Å². The zero-order valence-corrected chi connectivity index (χ0v) is 8.40. The van der Waals surface area contributed by atoms with Gasteiger partial charge in [-0.15, -0.1) is 0 Å². The lowest BCUT2D eigenvalue weighted by Crippen LogP contribution is -2.60. The predicted molar refractivity (Wildman–Crippen MR) is 49.5 cm³/mol. The smallest absolute Gasteiger partial charge is 0.0574 e. The Labute approximate surface area is 79.3 Å². The van der Waals surface area contributed by atoms with Crippen LogP contribution in [0, 0.1) is 5.92 Å². The highest BCUT2D eigenvalue weighted by Crippen LogP contribution is 2.42. The maximum Gasteiger partial charge on any atom is 0.0574 e. The molecule has 4 atom stereocenters. The topological polar surface area (TPSA) is 43.7 Å². The first-order chi connectivity index (χ1) is 6.01. The van der Waals surface area contributed by atoms with Crippen LogP contribution in [0.2, 0.25) is 0 Å². The highest BCUT2D eigenvalue weighted by Gasteiger charge is 2.47. The maximum absolute atomic E-state index is 9.91. The van der Waals surface area contributed by atoms with Gasteiger partial charge in [0, 0.05) is 11.6 Å². The first-order valence-electron chi connectivity index (χ1n) is 5.17. The second kappa shape index (κ2) is 2.94. The third-order valence-corrected chi connectivity index (χ3v) is 3.58. The van der Waals surface area contributed by atoms with Crippen molar-refractivity contribution < 1.29 is 10.3 Å². The van der Waals surface area contributed by atoms with Crippen molar-refractivity contribution in [3.8, 4) is 0 Å². The van der Waals surface area contributed by atoms with Crippen molar-refractivity contribution in [3.05, 3.63) is 0 Å². The van der Waals surface area contributed by atoms with E-state index in [4.69, 9.17) is 0 Å². The first-order valence-corrected chi connectivity index (χ1v) is 5.17. The van der Waals surface area contributed by atoms with E-state index in [0.29, 0.717) is 12.3 Å². The summed E-state index contributed by atoms with van der Waals surface area (Å²) in [7, 11) is 0. The highest BCUT2D eigenvalue weighted by molar-refractivity contribution is 4.99. The fourth-order valence-corrected chi connectivity index (χ4v) is 3.21. The summed E-state index contributed by atoms with van der Waals surface area (Å²) in [5.74, 6) is 0.672. The highest BCUT2D eigenvalue weighted by atomic mass is 16.5. The van der Waals surface area contributed by atoms with Crippen molar-refractivity contribution in [1.29, 1.82) is 0 Å². The Bertz CT molecular complexity index is 193. The molecular formula is C10H19NO2. The second-order valence-electron chi connectivity index (χ2n) is 5.13. The maximum atomic E-state index is 9.91. The molecule has 2 aliphatic rings. The number of fused-ring (bicyclic) bond motifs is 2. The minimum Gasteiger partial charge on any atom is -0.393 e. The zero-order valence-electron chi connectivity index (χ0n) is 8.40. The molecule has 3 heteroatoms. The van der Waals surface area contributed by atoms with Crippen LogP contribution in [0.4, 0.5) is 0 Å². The molecule has 2 heterocycles. The molecule has 0 aliphatic carbocycles. The van der Waals surface area contributed by atoms with Crippen LogP contribution in [0.5, 0.6) is 0 Å². The van der Waals surface area contributed by atoms with Gasteiger partial charge in [-0.3, -0.25) is 0 Å². The Morgan fingerprint density at radius 1 is 1.31 bits per heavy atom. The van der Waals surface area contributed by atoms with Crippen LogP contribution in [0.25, 0.3) is 0 Å². The van der Waals surface area contributed by atoms with Crippen LogP contribution < -0.4 is 0 Å². The number of hydroxylamine groups is 2. The molecule has 76 valence electrons. The van der Waals surface area contributed by atoms with Crippen LogP contribution in [0.3, 0.4) is 0 Å². The van der Waals surface area contributed by atoms with Gasteiger partial charge in [-0.05, 0) is 38.5 Å². The van der Waals surface area contributed by atoms with E-state index in [1.807, 2.05) is 0 Å². The van der Waals surface area contributed by atoms with Crippen molar-refractivity contribution in [1.82, 2.24) is 5.06 Å². The quantitative estimate of drug-likeness (QED) is 0.599. The molecule has 0 saturated carbocycles. The number of hydrogen-bond donors (Lipinski definition) is 2. The van der Waals surface area contributed by atoms with Gasteiger partial charge < -0.3 is 10.3 Å². The van der Waals surface area contributed by atoms with E-state index in [-0.39, 0.29) is 17.7 Å². The van der Waals surface area contributed by atoms with E-state index in [1.165, 1.54) is 5.06 Å². The van der Waals surface area contributed by atoms with Crippen LogP contribution in [-0.4, -0.2) is 33.1 Å². The molecule has 2 aliphatic heterocycles. The van der Waals surface area contributed by atoms with Gasteiger partial charge in [0.05, 0.1) is 6.10 Å². The fraction of sp³-hybridized carbons (Fsp3) is 1.00. The average molecular weight is 185 g/mol. The van der Waals surface area contributed by atoms with Crippen molar-refractivity contribution in [2.45, 2.75) is 57.2 Å². The van der Waals surface area contributed by atoms with Crippen molar-refractivity contribution in [2.75, 3.05) is 0 Å². The molecule has 2 saturated heterocycles. The minimum atomic E-state index is -0.217. The van der Waals surface area contributed by atoms with E-state index < -0.39 is 0 Å². The predicted octanol–water partition coefficient (Wildman–Crippen LogP) is 1.39. The van der Waals surface area contributed by atoms with Gasteiger partial charge in [0.2, 0.25) is 0 Å². The lowest BCUT2D eigenvalue weighted by Gasteiger charge is -2.53. The summed E-state index contributed by atoms with van der Waals surface area (Å²) >= 11 is 0. The third-order valence-electron chi connectivity index (χ3n) is 3.58. The zero-order chi connectivity index (χ0) is 9.64. The van der Waals surface area contributed by atoms with Crippen LogP contribution in [0.1, 0.15) is 39.5 Å². The average Bonchev–Trinajstić information content (AvgIpc) is 1.95. The number of aliphatic hydroxyl groups excluding tert-OH is 1. The summed E-state index contributed by atoms with van der Waals surface area (Å²) in [6.07, 6.45) is 3.24. The van der Waals surface area contributed by atoms with Crippen molar-refractivity contribution in [2.24, 2.45) is 5.92 Å². The van der Waals surface area contributed by atoms with E-state index in [1.54, 1.807) is 0 Å². The number of hydrogen-bond acceptors (Lipinski definition) is 3. The normalized spacial score (nSPS) is 52.2. The van der Waals surface area contributed by atoms with Gasteiger partial charge >= 0.3 is 0 Å². The molecule has 2 rings (SSSR count). The summed E-state index contributed by atoms with van der Waals surface area (Å²) in [5.41, 5.74) is -0.181. The molecule has 0 aromatic rings. The third kappa shape index (κ3) is 1.49. The van der Waals surface area contributed by atoms with Crippen LogP contribution >= 0.6 is 0 Å². The molecule has 0 spiro atoms. The molecule has 2 N–H and O–H groups in total. The van der Waals surface area contributed by atoms with E-state index >= 15 is 0 Å². The molecule has 4 unspecified atom stereocenters. The van der Waals surface area contributed by atoms with Gasteiger partial charge in [-0.1, -0.05) is 6.92 Å². The van der Waals surface area contributed by atoms with Gasteiger partial charge in [0.1, 0.15) is 0 Å². The molecule has 2 fully saturated rings. The molecule has 0 amide bonds. The lowest BCUT2D eigenvalue weighted by molar-refractivity contribution is -0.256. The number of aliphatic hydroxyl groups is 1. The standard InChI is InChI=1S/C10H19NO2/c1-7-3-8-4-9(12)6-10(2,5-7)11(8)13/h7-9,12-13H,3-6H2,1-2H3. The molecule has 3 nitrogen and oxygen atoms in total. The molecule has 0 radical (unpaired) electrons. The summed E-state index contributed by atoms with van der Waals surface area (Å²) in [6, 6.07) is 0.178. The Kier molecular flexibility index (Phi) is 2.13. The summed E-state index contributed by atoms with van der Waals surface area (Å²) in [4.78, 5) is 0. The van der Waals surface area contributed by atoms with E-state index in [9.17, 15) is 10.3 Å². The SMILES string of the molecule is CC1CC2CC(O)CC(C)(C1)N2O. The Hall–Kier alpha value is -0.120. The number of nitrogens with zero attached hydrogens (tertiary/aromatic N) is 1. The number of rotatable bonds is 0. The lowest BCUT2D eigenvalue weighted by atomic mass is 9.72. The van der Waals surface area contributed by atoms with Crippen molar-refractivity contribution >= 4 is 0 Å². The minimum absolute atomic E-state index is 0.178. The Morgan fingerprint density at radius 3 is 2.62 bits per heavy atom. The monoisotopic (exact) mass is 185 g/mol. The molecule has 13 heavy (non-hydrogen) atoms. The van der Waals surface area contributed by atoms with Gasteiger partial charge in [-0.25, -0.2) is 0 Å². The van der Waals surface area contributed by atoms with Crippen molar-refractivity contribution in [3.63, 3.8) is 0 Å². The Balaban J connectivity index is 2.20. The molecular weight excluding hydrogens is 166 g/mol. The first kappa shape index (κ1) is 9.44. The molecule has 0 aromatic heterocycles. The molecule has 2 bridgehead atoms. The Morgan fingerprint density at radius 2 is 2.00 bits per heavy atom. The van der Waals surface area contributed by atoms with E-state index in [0.717, 1.165) is 19.3 Å². The second-order valence-corrected chi connectivity index (χ2v) is 5.13. The van der Waals surface area contributed by atoms with Gasteiger partial charge in [0.15, 0.2) is 0 Å². The van der Waals surface area contributed by atoms with E-state index in [2.05, 4.69) is 13.8 Å². The summed E-state index contributed by atoms with van der Waals surface area (Å²) in [5, 5.41) is 21.1. The number of piperidine rings is 2. The summed E-state index contributed by atoms with van der Waals surface area (Å²) < 4.78 is 0. The largest absolute Gasteiger partial charge is 0.393 e. The molecule has 0 aromatic carbocycles.